The van der Waals surface area contributed by atoms with E-state index in [1.807, 2.05) is 19.9 Å². The predicted octanol–water partition coefficient (Wildman–Crippen LogP) is 1.94. The summed E-state index contributed by atoms with van der Waals surface area (Å²) in [5, 5.41) is 3.53. The van der Waals surface area contributed by atoms with E-state index < -0.39 is 0 Å². The van der Waals surface area contributed by atoms with Gasteiger partial charge in [-0.05, 0) is 39.8 Å². The Bertz CT molecular complexity index is 424. The second-order valence-corrected chi connectivity index (χ2v) is 5.35. The van der Waals surface area contributed by atoms with Crippen molar-refractivity contribution in [2.24, 2.45) is 5.92 Å². The first-order valence-corrected chi connectivity index (χ1v) is 7.02. The number of likely N-dealkylation sites (tertiary alicyclic amines) is 1. The molecule has 2 unspecified atom stereocenters. The van der Waals surface area contributed by atoms with Gasteiger partial charge in [0.2, 0.25) is 5.88 Å². The molecule has 0 aliphatic carbocycles. The van der Waals surface area contributed by atoms with Crippen LogP contribution in [0, 0.1) is 12.8 Å². The Hall–Kier alpha value is -1.36. The first kappa shape index (κ1) is 14.1. The fraction of sp³-hybridized carbons (Fsp3) is 0.714. The number of rotatable bonds is 4. The second kappa shape index (κ2) is 6.19. The maximum absolute atomic E-state index is 5.46. The van der Waals surface area contributed by atoms with Crippen molar-refractivity contribution in [3.63, 3.8) is 0 Å². The molecule has 1 fully saturated rings. The molecule has 1 aliphatic heterocycles. The molecule has 1 aromatic heterocycles. The quantitative estimate of drug-likeness (QED) is 0.900. The SMILES string of the molecule is CCOc1cc(NC2CCN(C)CC2C)nc(C)n1. The normalized spacial score (nSPS) is 24.2. The maximum atomic E-state index is 5.46. The van der Waals surface area contributed by atoms with Crippen molar-refractivity contribution in [2.45, 2.75) is 33.2 Å². The van der Waals surface area contributed by atoms with Crippen molar-refractivity contribution < 1.29 is 4.74 Å². The highest BCUT2D eigenvalue weighted by atomic mass is 16.5. The lowest BCUT2D eigenvalue weighted by Gasteiger charge is -2.35. The van der Waals surface area contributed by atoms with Gasteiger partial charge < -0.3 is 15.0 Å². The minimum absolute atomic E-state index is 0.472. The lowest BCUT2D eigenvalue weighted by Crippen LogP contribution is -2.43. The molecular weight excluding hydrogens is 240 g/mol. The van der Waals surface area contributed by atoms with Crippen LogP contribution in [0.25, 0.3) is 0 Å². The second-order valence-electron chi connectivity index (χ2n) is 5.35. The van der Waals surface area contributed by atoms with Crippen LogP contribution in [0.1, 0.15) is 26.1 Å². The van der Waals surface area contributed by atoms with E-state index in [0.29, 0.717) is 24.4 Å². The van der Waals surface area contributed by atoms with Crippen molar-refractivity contribution in [1.29, 1.82) is 0 Å². The van der Waals surface area contributed by atoms with Gasteiger partial charge in [-0.1, -0.05) is 6.92 Å². The van der Waals surface area contributed by atoms with Gasteiger partial charge in [-0.3, -0.25) is 0 Å². The van der Waals surface area contributed by atoms with E-state index in [-0.39, 0.29) is 0 Å². The summed E-state index contributed by atoms with van der Waals surface area (Å²) < 4.78 is 5.46. The molecule has 5 nitrogen and oxygen atoms in total. The molecule has 0 bridgehead atoms. The Morgan fingerprint density at radius 1 is 1.47 bits per heavy atom. The average molecular weight is 264 g/mol. The summed E-state index contributed by atoms with van der Waals surface area (Å²) in [7, 11) is 2.18. The number of ether oxygens (including phenoxy) is 1. The standard InChI is InChI=1S/C14H24N4O/c1-5-19-14-8-13(15-11(3)16-14)17-12-6-7-18(4)9-10(12)2/h8,10,12H,5-7,9H2,1-4H3,(H,15,16,17). The van der Waals surface area contributed by atoms with Gasteiger partial charge in [0.05, 0.1) is 6.61 Å². The van der Waals surface area contributed by atoms with E-state index in [2.05, 4.69) is 34.2 Å². The largest absolute Gasteiger partial charge is 0.478 e. The highest BCUT2D eigenvalue weighted by molar-refractivity contribution is 5.39. The Morgan fingerprint density at radius 2 is 2.26 bits per heavy atom. The molecule has 2 heterocycles. The molecule has 0 radical (unpaired) electrons. The number of nitrogens with zero attached hydrogens (tertiary/aromatic N) is 3. The third kappa shape index (κ3) is 3.80. The molecule has 1 N–H and O–H groups in total. The van der Waals surface area contributed by atoms with Crippen LogP contribution in [0.4, 0.5) is 5.82 Å². The molecule has 1 saturated heterocycles. The minimum atomic E-state index is 0.472. The van der Waals surface area contributed by atoms with Crippen LogP contribution >= 0.6 is 0 Å². The fourth-order valence-corrected chi connectivity index (χ4v) is 2.59. The fourth-order valence-electron chi connectivity index (χ4n) is 2.59. The van der Waals surface area contributed by atoms with Crippen LogP contribution in [0.15, 0.2) is 6.07 Å². The summed E-state index contributed by atoms with van der Waals surface area (Å²) in [4.78, 5) is 11.1. The van der Waals surface area contributed by atoms with Crippen LogP contribution in [0.2, 0.25) is 0 Å². The number of hydrogen-bond acceptors (Lipinski definition) is 5. The molecule has 0 aromatic carbocycles. The zero-order valence-electron chi connectivity index (χ0n) is 12.3. The smallest absolute Gasteiger partial charge is 0.218 e. The van der Waals surface area contributed by atoms with Gasteiger partial charge in [0.25, 0.3) is 0 Å². The van der Waals surface area contributed by atoms with Gasteiger partial charge in [0.15, 0.2) is 0 Å². The third-order valence-corrected chi connectivity index (χ3v) is 3.55. The zero-order chi connectivity index (χ0) is 13.8. The van der Waals surface area contributed by atoms with Crippen LogP contribution in [0.3, 0.4) is 0 Å². The number of hydrogen-bond donors (Lipinski definition) is 1. The van der Waals surface area contributed by atoms with Crippen molar-refractivity contribution in [3.05, 3.63) is 11.9 Å². The summed E-state index contributed by atoms with van der Waals surface area (Å²) in [6, 6.07) is 2.36. The van der Waals surface area contributed by atoms with Gasteiger partial charge in [0, 0.05) is 18.7 Å². The molecule has 106 valence electrons. The Kier molecular flexibility index (Phi) is 4.58. The monoisotopic (exact) mass is 264 g/mol. The Balaban J connectivity index is 2.05. The molecule has 0 spiro atoms. The van der Waals surface area contributed by atoms with Gasteiger partial charge >= 0.3 is 0 Å². The Labute approximate surface area is 115 Å². The predicted molar refractivity (Wildman–Crippen MR) is 76.6 cm³/mol. The summed E-state index contributed by atoms with van der Waals surface area (Å²) >= 11 is 0. The molecule has 19 heavy (non-hydrogen) atoms. The first-order valence-electron chi connectivity index (χ1n) is 7.02. The summed E-state index contributed by atoms with van der Waals surface area (Å²) in [6.45, 7) is 9.02. The lowest BCUT2D eigenvalue weighted by molar-refractivity contribution is 0.206. The first-order chi connectivity index (χ1) is 9.08. The molecule has 0 amide bonds. The zero-order valence-corrected chi connectivity index (χ0v) is 12.3. The van der Waals surface area contributed by atoms with Crippen molar-refractivity contribution in [1.82, 2.24) is 14.9 Å². The molecular formula is C14H24N4O. The highest BCUT2D eigenvalue weighted by Gasteiger charge is 2.24. The number of piperidine rings is 1. The van der Waals surface area contributed by atoms with Crippen molar-refractivity contribution >= 4 is 5.82 Å². The molecule has 5 heteroatoms. The van der Waals surface area contributed by atoms with Crippen LogP contribution in [0.5, 0.6) is 5.88 Å². The maximum Gasteiger partial charge on any atom is 0.218 e. The number of nitrogens with one attached hydrogen (secondary N) is 1. The van der Waals surface area contributed by atoms with Crippen LogP contribution < -0.4 is 10.1 Å². The summed E-state index contributed by atoms with van der Waals surface area (Å²) in [5.74, 6) is 2.88. The molecule has 2 rings (SSSR count). The van der Waals surface area contributed by atoms with Crippen LogP contribution in [-0.2, 0) is 0 Å². The third-order valence-electron chi connectivity index (χ3n) is 3.55. The van der Waals surface area contributed by atoms with E-state index in [1.165, 1.54) is 0 Å². The van der Waals surface area contributed by atoms with Gasteiger partial charge in [0.1, 0.15) is 11.6 Å². The van der Waals surface area contributed by atoms with Crippen molar-refractivity contribution in [3.8, 4) is 5.88 Å². The highest BCUT2D eigenvalue weighted by Crippen LogP contribution is 2.21. The van der Waals surface area contributed by atoms with Crippen molar-refractivity contribution in [2.75, 3.05) is 32.1 Å². The molecule has 2 atom stereocenters. The van der Waals surface area contributed by atoms with E-state index in [9.17, 15) is 0 Å². The van der Waals surface area contributed by atoms with Crippen LogP contribution in [-0.4, -0.2) is 47.7 Å². The van der Waals surface area contributed by atoms with E-state index in [1.54, 1.807) is 0 Å². The summed E-state index contributed by atoms with van der Waals surface area (Å²) in [5.41, 5.74) is 0. The van der Waals surface area contributed by atoms with Gasteiger partial charge in [-0.25, -0.2) is 4.98 Å². The topological polar surface area (TPSA) is 50.3 Å². The average Bonchev–Trinajstić information content (AvgIpc) is 2.32. The molecule has 0 saturated carbocycles. The molecule has 1 aliphatic rings. The van der Waals surface area contributed by atoms with E-state index in [0.717, 1.165) is 31.2 Å². The number of aryl methyl sites for hydroxylation is 1. The van der Waals surface area contributed by atoms with E-state index in [4.69, 9.17) is 4.74 Å². The number of aromatic nitrogens is 2. The summed E-state index contributed by atoms with van der Waals surface area (Å²) in [6.07, 6.45) is 1.14. The molecule has 1 aromatic rings. The minimum Gasteiger partial charge on any atom is -0.478 e. The van der Waals surface area contributed by atoms with Gasteiger partial charge in [-0.15, -0.1) is 0 Å². The van der Waals surface area contributed by atoms with Gasteiger partial charge in [-0.2, -0.15) is 4.98 Å². The number of anilines is 1. The van der Waals surface area contributed by atoms with E-state index >= 15 is 0 Å². The Morgan fingerprint density at radius 3 is 2.95 bits per heavy atom. The lowest BCUT2D eigenvalue weighted by atomic mass is 9.94.